The molecule has 0 aliphatic carbocycles. The highest BCUT2D eigenvalue weighted by Crippen LogP contribution is 2.24. The monoisotopic (exact) mass is 395 g/mol. The van der Waals surface area contributed by atoms with E-state index in [1.165, 1.54) is 16.8 Å². The van der Waals surface area contributed by atoms with E-state index in [1.807, 2.05) is 45.3 Å². The van der Waals surface area contributed by atoms with Crippen molar-refractivity contribution in [3.05, 3.63) is 59.7 Å². The molecule has 0 saturated carbocycles. The fourth-order valence-electron chi connectivity index (χ4n) is 3.59. The van der Waals surface area contributed by atoms with E-state index in [-0.39, 0.29) is 12.1 Å². The van der Waals surface area contributed by atoms with E-state index in [0.29, 0.717) is 6.54 Å². The fourth-order valence-corrected chi connectivity index (χ4v) is 3.59. The van der Waals surface area contributed by atoms with E-state index >= 15 is 0 Å². The average Bonchev–Trinajstić information content (AvgIpc) is 2.71. The van der Waals surface area contributed by atoms with Crippen molar-refractivity contribution >= 4 is 17.4 Å². The number of piperazine rings is 1. The maximum atomic E-state index is 12.5. The Hall–Kier alpha value is -2.57. The number of hydrogen-bond donors (Lipinski definition) is 2. The molecule has 2 amide bonds. The first kappa shape index (κ1) is 21.1. The maximum absolute atomic E-state index is 12.5. The smallest absolute Gasteiger partial charge is 0.319 e. The number of nitrogens with one attached hydrogen (secondary N) is 2. The molecule has 2 aromatic carbocycles. The van der Waals surface area contributed by atoms with Gasteiger partial charge in [-0.1, -0.05) is 29.8 Å². The normalized spacial score (nSPS) is 16.3. The van der Waals surface area contributed by atoms with Gasteiger partial charge >= 0.3 is 6.03 Å². The van der Waals surface area contributed by atoms with Crippen molar-refractivity contribution in [2.24, 2.45) is 0 Å². The number of aryl methyl sites for hydroxylation is 1. The number of anilines is 2. The van der Waals surface area contributed by atoms with E-state index in [0.717, 1.165) is 31.9 Å². The predicted molar refractivity (Wildman–Crippen MR) is 121 cm³/mol. The van der Waals surface area contributed by atoms with Gasteiger partial charge in [0.2, 0.25) is 0 Å². The molecule has 0 aromatic heterocycles. The third-order valence-corrected chi connectivity index (χ3v) is 5.54. The lowest BCUT2D eigenvalue weighted by Gasteiger charge is -2.38. The summed E-state index contributed by atoms with van der Waals surface area (Å²) < 4.78 is 0. The van der Waals surface area contributed by atoms with Crippen LogP contribution >= 0.6 is 0 Å². The van der Waals surface area contributed by atoms with Gasteiger partial charge in [0.15, 0.2) is 0 Å². The quantitative estimate of drug-likeness (QED) is 0.789. The van der Waals surface area contributed by atoms with Crippen molar-refractivity contribution in [2.45, 2.75) is 13.0 Å². The molecule has 29 heavy (non-hydrogen) atoms. The second-order valence-electron chi connectivity index (χ2n) is 8.04. The standard InChI is InChI=1S/C23H33N5O/c1-18-5-9-20(10-6-18)25-23(29)24-17-22(28-15-13-27(4)14-16-28)19-7-11-21(12-8-19)26(2)3/h5-12,22H,13-17H2,1-4H3,(H2,24,25,29)/t22-/m1/s1. The zero-order valence-electron chi connectivity index (χ0n) is 18.0. The highest BCUT2D eigenvalue weighted by atomic mass is 16.2. The highest BCUT2D eigenvalue weighted by molar-refractivity contribution is 5.89. The van der Waals surface area contributed by atoms with E-state index < -0.39 is 0 Å². The van der Waals surface area contributed by atoms with Gasteiger partial charge in [-0.15, -0.1) is 0 Å². The number of rotatable bonds is 6. The Balaban J connectivity index is 1.67. The van der Waals surface area contributed by atoms with E-state index in [4.69, 9.17) is 0 Å². The molecule has 0 unspecified atom stereocenters. The van der Waals surface area contributed by atoms with Crippen LogP contribution in [-0.2, 0) is 0 Å². The Morgan fingerprint density at radius 2 is 1.62 bits per heavy atom. The highest BCUT2D eigenvalue weighted by Gasteiger charge is 2.24. The molecule has 2 aromatic rings. The van der Waals surface area contributed by atoms with Crippen molar-refractivity contribution in [1.29, 1.82) is 0 Å². The second kappa shape index (κ2) is 9.76. The van der Waals surface area contributed by atoms with Crippen LogP contribution in [0.5, 0.6) is 0 Å². The Bertz CT molecular complexity index is 780. The van der Waals surface area contributed by atoms with Gasteiger partial charge in [-0.3, -0.25) is 4.90 Å². The first-order valence-corrected chi connectivity index (χ1v) is 10.2. The van der Waals surface area contributed by atoms with Crippen molar-refractivity contribution in [3.8, 4) is 0 Å². The lowest BCUT2D eigenvalue weighted by atomic mass is 10.0. The minimum Gasteiger partial charge on any atom is -0.378 e. The van der Waals surface area contributed by atoms with Crippen LogP contribution in [0.1, 0.15) is 17.2 Å². The minimum atomic E-state index is -0.169. The first-order valence-electron chi connectivity index (χ1n) is 10.2. The average molecular weight is 396 g/mol. The Morgan fingerprint density at radius 1 is 1.00 bits per heavy atom. The SMILES string of the molecule is Cc1ccc(NC(=O)NC[C@H](c2ccc(N(C)C)cc2)N2CCN(C)CC2)cc1. The molecule has 3 rings (SSSR count). The van der Waals surface area contributed by atoms with Gasteiger partial charge in [-0.25, -0.2) is 4.79 Å². The number of carbonyl (C=O) groups excluding carboxylic acids is 1. The van der Waals surface area contributed by atoms with Crippen LogP contribution in [0.25, 0.3) is 0 Å². The van der Waals surface area contributed by atoms with Crippen molar-refractivity contribution in [3.63, 3.8) is 0 Å². The zero-order chi connectivity index (χ0) is 20.8. The molecule has 1 aliphatic rings. The van der Waals surface area contributed by atoms with Gasteiger partial charge in [0.1, 0.15) is 0 Å². The molecule has 1 heterocycles. The Morgan fingerprint density at radius 3 is 2.21 bits per heavy atom. The Labute approximate surface area is 174 Å². The fraction of sp³-hybridized carbons (Fsp3) is 0.435. The number of likely N-dealkylation sites (N-methyl/N-ethyl adjacent to an activating group) is 1. The lowest BCUT2D eigenvalue weighted by Crippen LogP contribution is -2.48. The van der Waals surface area contributed by atoms with Crippen LogP contribution in [0.2, 0.25) is 0 Å². The summed E-state index contributed by atoms with van der Waals surface area (Å²) in [6.45, 7) is 6.69. The number of hydrogen-bond acceptors (Lipinski definition) is 4. The molecule has 2 N–H and O–H groups in total. The van der Waals surface area contributed by atoms with Gasteiger partial charge in [-0.05, 0) is 43.8 Å². The van der Waals surface area contributed by atoms with Crippen LogP contribution in [0.15, 0.2) is 48.5 Å². The molecule has 6 nitrogen and oxygen atoms in total. The number of amides is 2. The molecule has 1 aliphatic heterocycles. The van der Waals surface area contributed by atoms with E-state index in [2.05, 4.69) is 56.6 Å². The summed E-state index contributed by atoms with van der Waals surface area (Å²) in [5, 5.41) is 6.00. The molecule has 0 radical (unpaired) electrons. The molecule has 1 saturated heterocycles. The number of nitrogens with zero attached hydrogens (tertiary/aromatic N) is 3. The second-order valence-corrected chi connectivity index (χ2v) is 8.04. The minimum absolute atomic E-state index is 0.156. The zero-order valence-corrected chi connectivity index (χ0v) is 18.0. The summed E-state index contributed by atoms with van der Waals surface area (Å²) in [6, 6.07) is 16.5. The summed E-state index contributed by atoms with van der Waals surface area (Å²) in [5.41, 5.74) is 4.39. The van der Waals surface area contributed by atoms with Crippen LogP contribution in [0.3, 0.4) is 0 Å². The van der Waals surface area contributed by atoms with E-state index in [9.17, 15) is 4.79 Å². The first-order chi connectivity index (χ1) is 13.9. The number of urea groups is 1. The molecule has 6 heteroatoms. The van der Waals surface area contributed by atoms with Crippen LogP contribution in [-0.4, -0.2) is 69.7 Å². The van der Waals surface area contributed by atoms with Crippen LogP contribution in [0, 0.1) is 6.92 Å². The number of benzene rings is 2. The van der Waals surface area contributed by atoms with Gasteiger partial charge < -0.3 is 20.4 Å². The molecule has 1 fully saturated rings. The largest absolute Gasteiger partial charge is 0.378 e. The molecule has 0 spiro atoms. The Kier molecular flexibility index (Phi) is 7.12. The summed E-state index contributed by atoms with van der Waals surface area (Å²) in [4.78, 5) is 19.4. The lowest BCUT2D eigenvalue weighted by molar-refractivity contribution is 0.111. The molecule has 0 bridgehead atoms. The molecule has 1 atom stereocenters. The third kappa shape index (κ3) is 5.95. The third-order valence-electron chi connectivity index (χ3n) is 5.54. The van der Waals surface area contributed by atoms with Gasteiger partial charge in [0.25, 0.3) is 0 Å². The number of carbonyl (C=O) groups is 1. The van der Waals surface area contributed by atoms with Crippen LogP contribution < -0.4 is 15.5 Å². The van der Waals surface area contributed by atoms with E-state index in [1.54, 1.807) is 0 Å². The molecular weight excluding hydrogens is 362 g/mol. The van der Waals surface area contributed by atoms with Gasteiger partial charge in [0.05, 0.1) is 6.04 Å². The topological polar surface area (TPSA) is 50.9 Å². The molecule has 156 valence electrons. The van der Waals surface area contributed by atoms with Crippen molar-refractivity contribution in [1.82, 2.24) is 15.1 Å². The summed E-state index contributed by atoms with van der Waals surface area (Å²) in [5.74, 6) is 0. The predicted octanol–water partition coefficient (Wildman–Crippen LogP) is 3.17. The van der Waals surface area contributed by atoms with Crippen LogP contribution in [0.4, 0.5) is 16.2 Å². The van der Waals surface area contributed by atoms with Gasteiger partial charge in [-0.2, -0.15) is 0 Å². The van der Waals surface area contributed by atoms with Crippen molar-refractivity contribution in [2.75, 3.05) is 64.1 Å². The maximum Gasteiger partial charge on any atom is 0.319 e. The summed E-state index contributed by atoms with van der Waals surface area (Å²) in [7, 11) is 6.25. The summed E-state index contributed by atoms with van der Waals surface area (Å²) >= 11 is 0. The van der Waals surface area contributed by atoms with Crippen molar-refractivity contribution < 1.29 is 4.79 Å². The molecular formula is C23H33N5O. The van der Waals surface area contributed by atoms with Gasteiger partial charge in [0, 0.05) is 58.2 Å². The summed E-state index contributed by atoms with van der Waals surface area (Å²) in [6.07, 6.45) is 0.